The molecule has 0 radical (unpaired) electrons. The van der Waals surface area contributed by atoms with Gasteiger partial charge in [0.05, 0.1) is 17.6 Å². The van der Waals surface area contributed by atoms with E-state index in [1.807, 2.05) is 17.9 Å². The van der Waals surface area contributed by atoms with Crippen molar-refractivity contribution in [2.24, 2.45) is 12.8 Å². The van der Waals surface area contributed by atoms with Gasteiger partial charge in [-0.15, -0.1) is 0 Å². The lowest BCUT2D eigenvalue weighted by Crippen LogP contribution is -2.13. The first-order valence-corrected chi connectivity index (χ1v) is 5.75. The van der Waals surface area contributed by atoms with Crippen molar-refractivity contribution in [1.82, 2.24) is 9.78 Å². The van der Waals surface area contributed by atoms with Crippen molar-refractivity contribution in [3.63, 3.8) is 0 Å². The fourth-order valence-corrected chi connectivity index (χ4v) is 1.83. The van der Waals surface area contributed by atoms with E-state index in [9.17, 15) is 0 Å². The van der Waals surface area contributed by atoms with Gasteiger partial charge < -0.3 is 11.1 Å². The van der Waals surface area contributed by atoms with E-state index < -0.39 is 0 Å². The van der Waals surface area contributed by atoms with Crippen LogP contribution in [0.5, 0.6) is 0 Å². The summed E-state index contributed by atoms with van der Waals surface area (Å²) in [4.78, 5) is 0. The highest BCUT2D eigenvalue weighted by molar-refractivity contribution is 5.74. The molecule has 0 amide bonds. The third kappa shape index (κ3) is 2.47. The molecule has 1 aromatic heterocycles. The summed E-state index contributed by atoms with van der Waals surface area (Å²) in [5, 5.41) is 7.57. The largest absolute Gasteiger partial charge is 0.381 e. The average Bonchev–Trinajstić information content (AvgIpc) is 2.69. The van der Waals surface area contributed by atoms with Crippen LogP contribution in [0, 0.1) is 6.92 Å². The molecule has 17 heavy (non-hydrogen) atoms. The van der Waals surface area contributed by atoms with Gasteiger partial charge in [-0.25, -0.2) is 0 Å². The predicted molar refractivity (Wildman–Crippen MR) is 70.9 cm³/mol. The molecule has 0 bridgehead atoms. The molecule has 0 atom stereocenters. The highest BCUT2D eigenvalue weighted by Gasteiger charge is 2.09. The number of hydrogen-bond donors (Lipinski definition) is 2. The lowest BCUT2D eigenvalue weighted by molar-refractivity contribution is 0.776. The van der Waals surface area contributed by atoms with Gasteiger partial charge in [-0.3, -0.25) is 4.68 Å². The van der Waals surface area contributed by atoms with Gasteiger partial charge in [0.2, 0.25) is 0 Å². The molecule has 0 spiro atoms. The van der Waals surface area contributed by atoms with Crippen molar-refractivity contribution in [2.75, 3.05) is 18.4 Å². The van der Waals surface area contributed by atoms with Crippen LogP contribution in [-0.2, 0) is 7.05 Å². The summed E-state index contributed by atoms with van der Waals surface area (Å²) in [6, 6.07) is 8.43. The maximum atomic E-state index is 5.50. The smallest absolute Gasteiger partial charge is 0.0910 e. The van der Waals surface area contributed by atoms with E-state index in [0.717, 1.165) is 23.5 Å². The number of hydrogen-bond acceptors (Lipinski definition) is 3. The minimum Gasteiger partial charge on any atom is -0.381 e. The van der Waals surface area contributed by atoms with Crippen LogP contribution in [0.15, 0.2) is 30.5 Å². The molecule has 0 fully saturated rings. The topological polar surface area (TPSA) is 55.9 Å². The minimum atomic E-state index is 0.613. The normalized spacial score (nSPS) is 10.5. The lowest BCUT2D eigenvalue weighted by Gasteiger charge is -2.08. The Morgan fingerprint density at radius 3 is 2.65 bits per heavy atom. The van der Waals surface area contributed by atoms with Crippen LogP contribution in [0.2, 0.25) is 0 Å². The number of rotatable bonds is 4. The molecule has 0 aliphatic carbocycles. The number of aryl methyl sites for hydroxylation is 2. The van der Waals surface area contributed by atoms with Gasteiger partial charge in [-0.2, -0.15) is 5.10 Å². The Hall–Kier alpha value is -1.81. The van der Waals surface area contributed by atoms with Gasteiger partial charge in [0, 0.05) is 25.7 Å². The number of nitrogens with zero attached hydrogens (tertiary/aromatic N) is 2. The SMILES string of the molecule is Cc1ccc(-c2c(NCCN)cnn2C)cc1. The van der Waals surface area contributed by atoms with Crippen LogP contribution in [0.4, 0.5) is 5.69 Å². The summed E-state index contributed by atoms with van der Waals surface area (Å²) < 4.78 is 1.88. The molecule has 1 aromatic carbocycles. The van der Waals surface area contributed by atoms with Gasteiger partial charge in [0.15, 0.2) is 0 Å². The zero-order chi connectivity index (χ0) is 12.3. The van der Waals surface area contributed by atoms with Crippen LogP contribution in [0.25, 0.3) is 11.3 Å². The van der Waals surface area contributed by atoms with Crippen molar-refractivity contribution in [3.05, 3.63) is 36.0 Å². The fourth-order valence-electron chi connectivity index (χ4n) is 1.83. The molecule has 0 unspecified atom stereocenters. The standard InChI is InChI=1S/C13H18N4/c1-10-3-5-11(6-4-10)13-12(15-8-7-14)9-16-17(13)2/h3-6,9,15H,7-8,14H2,1-2H3. The Morgan fingerprint density at radius 1 is 1.29 bits per heavy atom. The maximum Gasteiger partial charge on any atom is 0.0910 e. The predicted octanol–water partition coefficient (Wildman–Crippen LogP) is 1.77. The summed E-state index contributed by atoms with van der Waals surface area (Å²) in [6.07, 6.45) is 1.84. The molecule has 1 heterocycles. The molecule has 3 N–H and O–H groups in total. The minimum absolute atomic E-state index is 0.613. The van der Waals surface area contributed by atoms with Crippen LogP contribution < -0.4 is 11.1 Å². The van der Waals surface area contributed by atoms with E-state index in [-0.39, 0.29) is 0 Å². The van der Waals surface area contributed by atoms with Gasteiger partial charge in [-0.05, 0) is 6.92 Å². The Morgan fingerprint density at radius 2 is 2.00 bits per heavy atom. The number of anilines is 1. The Bertz CT molecular complexity index is 485. The highest BCUT2D eigenvalue weighted by Crippen LogP contribution is 2.27. The lowest BCUT2D eigenvalue weighted by atomic mass is 10.1. The van der Waals surface area contributed by atoms with Crippen LogP contribution in [0.1, 0.15) is 5.56 Å². The average molecular weight is 230 g/mol. The number of nitrogens with one attached hydrogen (secondary N) is 1. The third-order valence-corrected chi connectivity index (χ3v) is 2.72. The molecule has 90 valence electrons. The molecular weight excluding hydrogens is 212 g/mol. The quantitative estimate of drug-likeness (QED) is 0.841. The molecule has 2 rings (SSSR count). The van der Waals surface area contributed by atoms with Crippen molar-refractivity contribution in [2.45, 2.75) is 6.92 Å². The number of nitrogens with two attached hydrogens (primary N) is 1. The molecule has 0 saturated carbocycles. The number of benzene rings is 1. The molecule has 4 heteroatoms. The van der Waals surface area contributed by atoms with Crippen LogP contribution in [0.3, 0.4) is 0 Å². The fraction of sp³-hybridized carbons (Fsp3) is 0.308. The zero-order valence-electron chi connectivity index (χ0n) is 10.3. The van der Waals surface area contributed by atoms with E-state index in [0.29, 0.717) is 6.54 Å². The van der Waals surface area contributed by atoms with Gasteiger partial charge in [0.1, 0.15) is 0 Å². The van der Waals surface area contributed by atoms with E-state index >= 15 is 0 Å². The van der Waals surface area contributed by atoms with Gasteiger partial charge in [-0.1, -0.05) is 29.8 Å². The first-order valence-electron chi connectivity index (χ1n) is 5.75. The summed E-state index contributed by atoms with van der Waals surface area (Å²) in [7, 11) is 1.95. The summed E-state index contributed by atoms with van der Waals surface area (Å²) >= 11 is 0. The van der Waals surface area contributed by atoms with E-state index in [2.05, 4.69) is 41.6 Å². The van der Waals surface area contributed by atoms with Gasteiger partial charge >= 0.3 is 0 Å². The van der Waals surface area contributed by atoms with Crippen LogP contribution >= 0.6 is 0 Å². The Kier molecular flexibility index (Phi) is 3.44. The molecule has 0 aliphatic heterocycles. The zero-order valence-corrected chi connectivity index (χ0v) is 10.3. The summed E-state index contributed by atoms with van der Waals surface area (Å²) in [5.74, 6) is 0. The molecular formula is C13H18N4. The molecule has 2 aromatic rings. The molecule has 0 aliphatic rings. The maximum absolute atomic E-state index is 5.50. The van der Waals surface area contributed by atoms with E-state index in [4.69, 9.17) is 5.73 Å². The number of aromatic nitrogens is 2. The summed E-state index contributed by atoms with van der Waals surface area (Å²) in [6.45, 7) is 3.45. The first-order chi connectivity index (χ1) is 8.22. The second kappa shape index (κ2) is 5.01. The molecule has 4 nitrogen and oxygen atoms in total. The van der Waals surface area contributed by atoms with E-state index in [1.54, 1.807) is 0 Å². The molecule has 0 saturated heterocycles. The first kappa shape index (κ1) is 11.7. The van der Waals surface area contributed by atoms with Crippen molar-refractivity contribution >= 4 is 5.69 Å². The van der Waals surface area contributed by atoms with Crippen LogP contribution in [-0.4, -0.2) is 22.9 Å². The Labute approximate surface area is 101 Å². The third-order valence-electron chi connectivity index (χ3n) is 2.72. The highest BCUT2D eigenvalue weighted by atomic mass is 15.3. The Balaban J connectivity index is 2.36. The monoisotopic (exact) mass is 230 g/mol. The van der Waals surface area contributed by atoms with Crippen molar-refractivity contribution in [1.29, 1.82) is 0 Å². The second-order valence-corrected chi connectivity index (χ2v) is 4.11. The van der Waals surface area contributed by atoms with Crippen molar-refractivity contribution < 1.29 is 0 Å². The summed E-state index contributed by atoms with van der Waals surface area (Å²) in [5.41, 5.74) is 10.0. The second-order valence-electron chi connectivity index (χ2n) is 4.11. The van der Waals surface area contributed by atoms with Crippen molar-refractivity contribution in [3.8, 4) is 11.3 Å². The van der Waals surface area contributed by atoms with E-state index in [1.165, 1.54) is 5.56 Å². The van der Waals surface area contributed by atoms with Gasteiger partial charge in [0.25, 0.3) is 0 Å².